The van der Waals surface area contributed by atoms with E-state index in [1.54, 1.807) is 0 Å². The van der Waals surface area contributed by atoms with Crippen molar-refractivity contribution in [1.82, 2.24) is 4.90 Å². The van der Waals surface area contributed by atoms with Gasteiger partial charge in [0.2, 0.25) is 5.91 Å². The SMILES string of the molecule is CCC1COCCN1C(=O)CCC(N)c1ccccc1. The smallest absolute Gasteiger partial charge is 0.223 e. The largest absolute Gasteiger partial charge is 0.377 e. The summed E-state index contributed by atoms with van der Waals surface area (Å²) in [7, 11) is 0. The molecule has 1 amide bonds. The monoisotopic (exact) mass is 276 g/mol. The fourth-order valence-electron chi connectivity index (χ4n) is 2.61. The lowest BCUT2D eigenvalue weighted by atomic mass is 10.0. The molecule has 0 spiro atoms. The molecule has 4 nitrogen and oxygen atoms in total. The van der Waals surface area contributed by atoms with Gasteiger partial charge in [-0.1, -0.05) is 37.3 Å². The van der Waals surface area contributed by atoms with Crippen LogP contribution in [0.2, 0.25) is 0 Å². The number of nitrogens with zero attached hydrogens (tertiary/aromatic N) is 1. The highest BCUT2D eigenvalue weighted by Gasteiger charge is 2.25. The second kappa shape index (κ2) is 7.41. The Hall–Kier alpha value is -1.39. The van der Waals surface area contributed by atoms with Crippen LogP contribution in [-0.2, 0) is 9.53 Å². The second-order valence-corrected chi connectivity index (χ2v) is 5.28. The minimum atomic E-state index is -0.0683. The lowest BCUT2D eigenvalue weighted by molar-refractivity contribution is -0.140. The fourth-order valence-corrected chi connectivity index (χ4v) is 2.61. The molecule has 1 aliphatic rings. The zero-order chi connectivity index (χ0) is 14.4. The van der Waals surface area contributed by atoms with Crippen LogP contribution in [-0.4, -0.2) is 36.6 Å². The van der Waals surface area contributed by atoms with Crippen LogP contribution in [0, 0.1) is 0 Å². The molecule has 0 saturated carbocycles. The molecule has 2 unspecified atom stereocenters. The van der Waals surface area contributed by atoms with Crippen LogP contribution in [0.3, 0.4) is 0 Å². The van der Waals surface area contributed by atoms with Crippen molar-refractivity contribution in [2.45, 2.75) is 38.3 Å². The number of hydrogen-bond donors (Lipinski definition) is 1. The number of amides is 1. The van der Waals surface area contributed by atoms with E-state index in [1.165, 1.54) is 0 Å². The minimum Gasteiger partial charge on any atom is -0.377 e. The van der Waals surface area contributed by atoms with Gasteiger partial charge < -0.3 is 15.4 Å². The summed E-state index contributed by atoms with van der Waals surface area (Å²) in [6.07, 6.45) is 2.14. The number of morpholine rings is 1. The van der Waals surface area contributed by atoms with Crippen molar-refractivity contribution in [2.24, 2.45) is 5.73 Å². The normalized spacial score (nSPS) is 20.7. The highest BCUT2D eigenvalue weighted by molar-refractivity contribution is 5.76. The molecule has 1 saturated heterocycles. The van der Waals surface area contributed by atoms with Crippen LogP contribution in [0.5, 0.6) is 0 Å². The molecule has 2 N–H and O–H groups in total. The molecule has 0 bridgehead atoms. The maximum absolute atomic E-state index is 12.3. The number of benzene rings is 1. The predicted molar refractivity (Wildman–Crippen MR) is 79.2 cm³/mol. The van der Waals surface area contributed by atoms with Crippen molar-refractivity contribution in [3.63, 3.8) is 0 Å². The number of rotatable bonds is 5. The molecule has 1 aliphatic heterocycles. The van der Waals surface area contributed by atoms with Crippen LogP contribution < -0.4 is 5.73 Å². The Labute approximate surface area is 120 Å². The molecular weight excluding hydrogens is 252 g/mol. The van der Waals surface area contributed by atoms with Gasteiger partial charge in [-0.15, -0.1) is 0 Å². The van der Waals surface area contributed by atoms with E-state index in [2.05, 4.69) is 6.92 Å². The van der Waals surface area contributed by atoms with E-state index in [0.29, 0.717) is 32.6 Å². The first kappa shape index (κ1) is 15.0. The summed E-state index contributed by atoms with van der Waals surface area (Å²) in [6.45, 7) is 4.10. The van der Waals surface area contributed by atoms with Crippen LogP contribution >= 0.6 is 0 Å². The highest BCUT2D eigenvalue weighted by Crippen LogP contribution is 2.18. The first-order valence-electron chi connectivity index (χ1n) is 7.40. The molecule has 0 aliphatic carbocycles. The number of carbonyl (C=O) groups excluding carboxylic acids is 1. The van der Waals surface area contributed by atoms with Crippen molar-refractivity contribution < 1.29 is 9.53 Å². The summed E-state index contributed by atoms with van der Waals surface area (Å²) in [6, 6.07) is 10.1. The van der Waals surface area contributed by atoms with Gasteiger partial charge in [0.1, 0.15) is 0 Å². The third-order valence-corrected chi connectivity index (χ3v) is 3.92. The van der Waals surface area contributed by atoms with Crippen LogP contribution in [0.4, 0.5) is 0 Å². The number of hydrogen-bond acceptors (Lipinski definition) is 3. The Morgan fingerprint density at radius 1 is 1.45 bits per heavy atom. The van der Waals surface area contributed by atoms with E-state index in [9.17, 15) is 4.79 Å². The van der Waals surface area contributed by atoms with Gasteiger partial charge in [0.05, 0.1) is 19.3 Å². The van der Waals surface area contributed by atoms with E-state index in [0.717, 1.165) is 12.0 Å². The summed E-state index contributed by atoms with van der Waals surface area (Å²) in [5.74, 6) is 0.200. The van der Waals surface area contributed by atoms with Crippen LogP contribution in [0.25, 0.3) is 0 Å². The van der Waals surface area contributed by atoms with Crippen LogP contribution in [0.1, 0.15) is 37.8 Å². The van der Waals surface area contributed by atoms with Gasteiger partial charge in [-0.05, 0) is 18.4 Å². The maximum Gasteiger partial charge on any atom is 0.223 e. The maximum atomic E-state index is 12.3. The van der Waals surface area contributed by atoms with Crippen molar-refractivity contribution >= 4 is 5.91 Å². The first-order valence-corrected chi connectivity index (χ1v) is 7.40. The van der Waals surface area contributed by atoms with Gasteiger partial charge in [-0.25, -0.2) is 0 Å². The Balaban J connectivity index is 1.85. The Morgan fingerprint density at radius 3 is 2.90 bits per heavy atom. The standard InChI is InChI=1S/C16H24N2O2/c1-2-14-12-20-11-10-18(14)16(19)9-8-15(17)13-6-4-3-5-7-13/h3-7,14-15H,2,8-12,17H2,1H3. The van der Waals surface area contributed by atoms with Gasteiger partial charge >= 0.3 is 0 Å². The van der Waals surface area contributed by atoms with Crippen molar-refractivity contribution in [1.29, 1.82) is 0 Å². The van der Waals surface area contributed by atoms with Crippen LogP contribution in [0.15, 0.2) is 30.3 Å². The highest BCUT2D eigenvalue weighted by atomic mass is 16.5. The summed E-state index contributed by atoms with van der Waals surface area (Å²) in [5.41, 5.74) is 7.24. The van der Waals surface area contributed by atoms with E-state index in [4.69, 9.17) is 10.5 Å². The average Bonchev–Trinajstić information content (AvgIpc) is 2.53. The number of carbonyl (C=O) groups is 1. The topological polar surface area (TPSA) is 55.6 Å². The van der Waals surface area contributed by atoms with Crippen molar-refractivity contribution in [3.8, 4) is 0 Å². The Kier molecular flexibility index (Phi) is 5.56. The lowest BCUT2D eigenvalue weighted by Gasteiger charge is -2.35. The number of nitrogens with two attached hydrogens (primary N) is 1. The van der Waals surface area contributed by atoms with Gasteiger partial charge in [0.25, 0.3) is 0 Å². The van der Waals surface area contributed by atoms with Gasteiger partial charge in [0, 0.05) is 19.0 Å². The predicted octanol–water partition coefficient (Wildman–Crippen LogP) is 2.10. The van der Waals surface area contributed by atoms with Crippen molar-refractivity contribution in [3.05, 3.63) is 35.9 Å². The molecule has 1 heterocycles. The van der Waals surface area contributed by atoms with E-state index >= 15 is 0 Å². The van der Waals surface area contributed by atoms with Gasteiger partial charge in [-0.3, -0.25) is 4.79 Å². The third-order valence-electron chi connectivity index (χ3n) is 3.92. The third kappa shape index (κ3) is 3.81. The summed E-state index contributed by atoms with van der Waals surface area (Å²) < 4.78 is 5.43. The molecule has 0 radical (unpaired) electrons. The molecule has 1 fully saturated rings. The minimum absolute atomic E-state index is 0.0683. The Bertz CT molecular complexity index is 422. The van der Waals surface area contributed by atoms with E-state index in [1.807, 2.05) is 35.2 Å². The van der Waals surface area contributed by atoms with E-state index < -0.39 is 0 Å². The molecule has 110 valence electrons. The van der Waals surface area contributed by atoms with Gasteiger partial charge in [0.15, 0.2) is 0 Å². The molecule has 1 aromatic carbocycles. The lowest BCUT2D eigenvalue weighted by Crippen LogP contribution is -2.48. The van der Waals surface area contributed by atoms with Crippen molar-refractivity contribution in [2.75, 3.05) is 19.8 Å². The number of ether oxygens (including phenoxy) is 1. The zero-order valence-electron chi connectivity index (χ0n) is 12.1. The molecule has 4 heteroatoms. The van der Waals surface area contributed by atoms with E-state index in [-0.39, 0.29) is 18.0 Å². The average molecular weight is 276 g/mol. The quantitative estimate of drug-likeness (QED) is 0.896. The summed E-state index contributed by atoms with van der Waals surface area (Å²) in [5, 5.41) is 0. The summed E-state index contributed by atoms with van der Waals surface area (Å²) in [4.78, 5) is 14.3. The molecule has 20 heavy (non-hydrogen) atoms. The molecule has 2 atom stereocenters. The Morgan fingerprint density at radius 2 is 2.20 bits per heavy atom. The summed E-state index contributed by atoms with van der Waals surface area (Å²) >= 11 is 0. The first-order chi connectivity index (χ1) is 9.72. The molecule has 1 aromatic rings. The molecule has 2 rings (SSSR count). The zero-order valence-corrected chi connectivity index (χ0v) is 12.1. The molecular formula is C16H24N2O2. The molecule has 0 aromatic heterocycles. The second-order valence-electron chi connectivity index (χ2n) is 5.28. The van der Waals surface area contributed by atoms with Gasteiger partial charge in [-0.2, -0.15) is 0 Å². The fraction of sp³-hybridized carbons (Fsp3) is 0.562.